The van der Waals surface area contributed by atoms with Crippen molar-refractivity contribution in [2.24, 2.45) is 0 Å². The summed E-state index contributed by atoms with van der Waals surface area (Å²) < 4.78 is 5.16. The molecule has 7 nitrogen and oxygen atoms in total. The second-order valence-electron chi connectivity index (χ2n) is 3.87. The zero-order valence-corrected chi connectivity index (χ0v) is 10.6. The van der Waals surface area contributed by atoms with Gasteiger partial charge in [-0.15, -0.1) is 0 Å². The highest BCUT2D eigenvalue weighted by Gasteiger charge is 2.19. The Morgan fingerprint density at radius 2 is 2.10 bits per heavy atom. The average Bonchev–Trinajstić information content (AvgIpc) is 2.44. The lowest BCUT2D eigenvalue weighted by Crippen LogP contribution is -2.43. The van der Waals surface area contributed by atoms with E-state index in [0.29, 0.717) is 0 Å². The third-order valence-electron chi connectivity index (χ3n) is 2.42. The van der Waals surface area contributed by atoms with Crippen LogP contribution in [0, 0.1) is 11.3 Å². The monoisotopic (exact) mass is 278 g/mol. The number of hydrogen-bond acceptors (Lipinski definition) is 5. The molecule has 1 atom stereocenters. The molecule has 1 rings (SSSR count). The number of rotatable bonds is 7. The summed E-state index contributed by atoms with van der Waals surface area (Å²) in [6, 6.07) is 7.14. The fourth-order valence-electron chi connectivity index (χ4n) is 1.45. The number of aliphatic hydroxyl groups excluding tert-OH is 1. The molecule has 0 unspecified atom stereocenters. The van der Waals surface area contributed by atoms with Crippen molar-refractivity contribution in [3.8, 4) is 11.8 Å². The summed E-state index contributed by atoms with van der Waals surface area (Å²) in [5.41, 5.74) is 0.283. The molecule has 0 aromatic heterocycles. The van der Waals surface area contributed by atoms with Crippen LogP contribution in [0.4, 0.5) is 0 Å². The number of carbonyl (C=O) groups excluding carboxylic acids is 1. The van der Waals surface area contributed by atoms with Gasteiger partial charge in [-0.2, -0.15) is 5.26 Å². The molecule has 0 saturated heterocycles. The molecule has 3 N–H and O–H groups in total. The van der Waals surface area contributed by atoms with E-state index in [1.165, 1.54) is 6.07 Å². The van der Waals surface area contributed by atoms with Crippen LogP contribution in [0.3, 0.4) is 0 Å². The number of hydrogen-bond donors (Lipinski definition) is 3. The summed E-state index contributed by atoms with van der Waals surface area (Å²) in [5, 5.41) is 28.6. The van der Waals surface area contributed by atoms with Crippen molar-refractivity contribution in [3.63, 3.8) is 0 Å². The lowest BCUT2D eigenvalue weighted by molar-refractivity contribution is -0.142. The van der Waals surface area contributed by atoms with Gasteiger partial charge in [0.1, 0.15) is 17.9 Å². The number of para-hydroxylation sites is 1. The number of carbonyl (C=O) groups is 2. The molecular weight excluding hydrogens is 264 g/mol. The fourth-order valence-corrected chi connectivity index (χ4v) is 1.45. The molecule has 106 valence electrons. The maximum Gasteiger partial charge on any atom is 0.326 e. The van der Waals surface area contributed by atoms with E-state index in [4.69, 9.17) is 20.2 Å². The van der Waals surface area contributed by atoms with Gasteiger partial charge in [0, 0.05) is 13.0 Å². The number of ether oxygens (including phenoxy) is 1. The van der Waals surface area contributed by atoms with Crippen LogP contribution in [0.15, 0.2) is 24.3 Å². The molecule has 0 aliphatic heterocycles. The highest BCUT2D eigenvalue weighted by molar-refractivity contribution is 5.84. The molecule has 0 heterocycles. The number of nitriles is 1. The summed E-state index contributed by atoms with van der Waals surface area (Å²) >= 11 is 0. The second-order valence-corrected chi connectivity index (χ2v) is 3.87. The van der Waals surface area contributed by atoms with Crippen molar-refractivity contribution < 1.29 is 24.5 Å². The molecule has 0 aliphatic rings. The first-order valence-electron chi connectivity index (χ1n) is 5.83. The number of carboxylic acid groups (broad SMARTS) is 1. The fraction of sp³-hybridized carbons (Fsp3) is 0.308. The van der Waals surface area contributed by atoms with Crippen LogP contribution >= 0.6 is 0 Å². The van der Waals surface area contributed by atoms with Crippen molar-refractivity contribution in [1.82, 2.24) is 5.32 Å². The normalized spacial score (nSPS) is 11.2. The highest BCUT2D eigenvalue weighted by atomic mass is 16.5. The molecule has 0 radical (unpaired) electrons. The largest absolute Gasteiger partial charge is 0.482 e. The number of carboxylic acids is 1. The summed E-state index contributed by atoms with van der Waals surface area (Å²) in [4.78, 5) is 22.3. The van der Waals surface area contributed by atoms with Crippen molar-refractivity contribution in [3.05, 3.63) is 29.8 Å². The predicted octanol–water partition coefficient (Wildman–Crippen LogP) is -0.111. The molecule has 0 bridgehead atoms. The smallest absolute Gasteiger partial charge is 0.326 e. The molecule has 0 aliphatic carbocycles. The van der Waals surface area contributed by atoms with E-state index in [-0.39, 0.29) is 24.3 Å². The maximum absolute atomic E-state index is 11.5. The van der Waals surface area contributed by atoms with Crippen molar-refractivity contribution in [2.45, 2.75) is 12.5 Å². The number of nitrogens with zero attached hydrogens (tertiary/aromatic N) is 1. The van der Waals surface area contributed by atoms with Gasteiger partial charge >= 0.3 is 5.97 Å². The molecule has 1 aromatic carbocycles. The molecule has 1 aromatic rings. The van der Waals surface area contributed by atoms with Crippen LogP contribution in [0.5, 0.6) is 5.75 Å². The quantitative estimate of drug-likeness (QED) is 0.640. The van der Waals surface area contributed by atoms with Gasteiger partial charge in [-0.05, 0) is 12.1 Å². The van der Waals surface area contributed by atoms with E-state index in [1.54, 1.807) is 18.2 Å². The molecule has 1 amide bonds. The summed E-state index contributed by atoms with van der Waals surface area (Å²) in [7, 11) is 0. The third kappa shape index (κ3) is 4.59. The van der Waals surface area contributed by atoms with E-state index >= 15 is 0 Å². The summed E-state index contributed by atoms with van der Waals surface area (Å²) in [6.07, 6.45) is -0.0874. The van der Waals surface area contributed by atoms with Gasteiger partial charge in [0.2, 0.25) is 0 Å². The first kappa shape index (κ1) is 15.5. The van der Waals surface area contributed by atoms with E-state index in [0.717, 1.165) is 0 Å². The Morgan fingerprint density at radius 1 is 1.40 bits per heavy atom. The topological polar surface area (TPSA) is 120 Å². The number of aliphatic carboxylic acids is 1. The number of aliphatic hydroxyl groups is 1. The molecular formula is C13H14N2O5. The van der Waals surface area contributed by atoms with Gasteiger partial charge in [0.15, 0.2) is 6.61 Å². The Balaban J connectivity index is 2.55. The maximum atomic E-state index is 11.5. The van der Waals surface area contributed by atoms with Crippen molar-refractivity contribution >= 4 is 11.9 Å². The average molecular weight is 278 g/mol. The Bertz CT molecular complexity index is 524. The minimum absolute atomic E-state index is 0.0874. The van der Waals surface area contributed by atoms with Crippen molar-refractivity contribution in [1.29, 1.82) is 5.26 Å². The Morgan fingerprint density at radius 3 is 2.70 bits per heavy atom. The Labute approximate surface area is 115 Å². The number of amides is 1. The van der Waals surface area contributed by atoms with Crippen molar-refractivity contribution in [2.75, 3.05) is 13.2 Å². The lowest BCUT2D eigenvalue weighted by Gasteiger charge is -2.13. The Kier molecular flexibility index (Phi) is 6.00. The van der Waals surface area contributed by atoms with Gasteiger partial charge in [-0.1, -0.05) is 12.1 Å². The second kappa shape index (κ2) is 7.76. The van der Waals surface area contributed by atoms with Crippen LogP contribution in [-0.4, -0.2) is 41.3 Å². The Hall–Kier alpha value is -2.59. The minimum Gasteiger partial charge on any atom is -0.482 e. The predicted molar refractivity (Wildman–Crippen MR) is 67.9 cm³/mol. The van der Waals surface area contributed by atoms with Gasteiger partial charge in [-0.25, -0.2) is 4.79 Å². The molecule has 20 heavy (non-hydrogen) atoms. The first-order chi connectivity index (χ1) is 9.58. The molecule has 0 spiro atoms. The van der Waals surface area contributed by atoms with E-state index in [2.05, 4.69) is 5.32 Å². The summed E-state index contributed by atoms with van der Waals surface area (Å²) in [5.74, 6) is -1.62. The van der Waals surface area contributed by atoms with E-state index < -0.39 is 24.5 Å². The molecule has 0 fully saturated rings. The zero-order chi connectivity index (χ0) is 15.0. The lowest BCUT2D eigenvalue weighted by atomic mass is 10.2. The zero-order valence-electron chi connectivity index (χ0n) is 10.6. The van der Waals surface area contributed by atoms with Gasteiger partial charge in [0.05, 0.1) is 5.56 Å². The van der Waals surface area contributed by atoms with E-state index in [1.807, 2.05) is 6.07 Å². The highest BCUT2D eigenvalue weighted by Crippen LogP contribution is 2.16. The first-order valence-corrected chi connectivity index (χ1v) is 5.83. The van der Waals surface area contributed by atoms with E-state index in [9.17, 15) is 9.59 Å². The van der Waals surface area contributed by atoms with Gasteiger partial charge < -0.3 is 20.3 Å². The van der Waals surface area contributed by atoms with Crippen LogP contribution in [0.2, 0.25) is 0 Å². The third-order valence-corrected chi connectivity index (χ3v) is 2.42. The van der Waals surface area contributed by atoms with Gasteiger partial charge in [0.25, 0.3) is 5.91 Å². The number of nitrogens with one attached hydrogen (secondary N) is 1. The molecule has 7 heteroatoms. The standard InChI is InChI=1S/C13H14N2O5/c14-7-9-3-1-2-4-11(9)20-8-12(17)15-10(5-6-16)13(18)19/h1-4,10,16H,5-6,8H2,(H,15,17)(H,18,19)/t10-/m0/s1. The molecule has 0 saturated carbocycles. The SMILES string of the molecule is N#Cc1ccccc1OCC(=O)N[C@@H](CCO)C(=O)O. The van der Waals surface area contributed by atoms with Crippen LogP contribution in [0.1, 0.15) is 12.0 Å². The van der Waals surface area contributed by atoms with Gasteiger partial charge in [-0.3, -0.25) is 4.79 Å². The number of benzene rings is 1. The van der Waals surface area contributed by atoms with Crippen LogP contribution in [0.25, 0.3) is 0 Å². The van der Waals surface area contributed by atoms with Crippen LogP contribution < -0.4 is 10.1 Å². The summed E-state index contributed by atoms with van der Waals surface area (Å²) in [6.45, 7) is -0.761. The minimum atomic E-state index is -1.23. The van der Waals surface area contributed by atoms with Crippen LogP contribution in [-0.2, 0) is 9.59 Å².